The van der Waals surface area contributed by atoms with Crippen LogP contribution in [0.5, 0.6) is 0 Å². The van der Waals surface area contributed by atoms with Crippen LogP contribution < -0.4 is 0 Å². The Morgan fingerprint density at radius 3 is 2.38 bits per heavy atom. The van der Waals surface area contributed by atoms with Crippen molar-refractivity contribution in [1.82, 2.24) is 0 Å². The van der Waals surface area contributed by atoms with Gasteiger partial charge in [0.15, 0.2) is 0 Å². The molecule has 0 heterocycles. The zero-order chi connectivity index (χ0) is 14.8. The monoisotopic (exact) mass is 288 g/mol. The molecule has 7 unspecified atom stereocenters. The largest absolute Gasteiger partial charge is 0.0625 e. The van der Waals surface area contributed by atoms with Gasteiger partial charge in [-0.3, -0.25) is 0 Å². The van der Waals surface area contributed by atoms with Gasteiger partial charge < -0.3 is 0 Å². The van der Waals surface area contributed by atoms with Crippen LogP contribution in [-0.2, 0) is 0 Å². The van der Waals surface area contributed by atoms with E-state index >= 15 is 0 Å². The highest BCUT2D eigenvalue weighted by Gasteiger charge is 2.59. The fourth-order valence-corrected chi connectivity index (χ4v) is 7.93. The van der Waals surface area contributed by atoms with E-state index in [1.807, 2.05) is 0 Å². The minimum absolute atomic E-state index is 0.693. The van der Waals surface area contributed by atoms with Crippen molar-refractivity contribution in [3.05, 3.63) is 0 Å². The molecule has 0 amide bonds. The number of fused-ring (bicyclic) bond motifs is 5. The van der Waals surface area contributed by atoms with E-state index in [-0.39, 0.29) is 0 Å². The molecular weight excluding hydrogens is 252 g/mol. The van der Waals surface area contributed by atoms with Crippen molar-refractivity contribution >= 4 is 0 Å². The third kappa shape index (κ3) is 1.99. The Balaban J connectivity index is 1.66. The summed E-state index contributed by atoms with van der Waals surface area (Å²) in [6.45, 7) is 10.5. The molecule has 4 fully saturated rings. The van der Waals surface area contributed by atoms with Crippen LogP contribution >= 0.6 is 0 Å². The second-order valence-electron chi connectivity index (χ2n) is 10.2. The second kappa shape index (κ2) is 4.75. The standard InChI is InChI=1S/C21H36/c1-14-7-11-21(4)18-8-10-20(3)9-5-6-17(20)16(18)13-15(2)19(21)12-14/h14-19H,5-13H2,1-4H3/t14?,15?,16?,17?,18?,19?,20-,21?/m0/s1. The fraction of sp³-hybridized carbons (Fsp3) is 1.00. The van der Waals surface area contributed by atoms with Crippen molar-refractivity contribution < 1.29 is 0 Å². The Labute approximate surface area is 132 Å². The molecule has 0 aromatic carbocycles. The lowest BCUT2D eigenvalue weighted by Crippen LogP contribution is -2.55. The van der Waals surface area contributed by atoms with E-state index < -0.39 is 0 Å². The van der Waals surface area contributed by atoms with Gasteiger partial charge in [-0.05, 0) is 91.3 Å². The smallest absolute Gasteiger partial charge is 0.0264 e. The molecular formula is C21H36. The molecule has 0 aromatic heterocycles. The van der Waals surface area contributed by atoms with Crippen molar-refractivity contribution in [2.45, 2.75) is 85.5 Å². The maximum absolute atomic E-state index is 2.72. The van der Waals surface area contributed by atoms with E-state index in [1.54, 1.807) is 25.7 Å². The summed E-state index contributed by atoms with van der Waals surface area (Å²) < 4.78 is 0. The first kappa shape index (κ1) is 14.6. The number of rotatable bonds is 0. The summed E-state index contributed by atoms with van der Waals surface area (Å²) in [4.78, 5) is 0. The Bertz CT molecular complexity index is 412. The summed E-state index contributed by atoms with van der Waals surface area (Å²) in [6, 6.07) is 0. The molecule has 4 aliphatic rings. The van der Waals surface area contributed by atoms with Gasteiger partial charge in [-0.2, -0.15) is 0 Å². The first-order chi connectivity index (χ1) is 9.94. The third-order valence-corrected chi connectivity index (χ3v) is 9.08. The zero-order valence-corrected chi connectivity index (χ0v) is 14.8. The highest BCUT2D eigenvalue weighted by molar-refractivity contribution is 5.08. The van der Waals surface area contributed by atoms with Gasteiger partial charge in [0.2, 0.25) is 0 Å². The lowest BCUT2D eigenvalue weighted by molar-refractivity contribution is -0.132. The van der Waals surface area contributed by atoms with Crippen molar-refractivity contribution in [3.63, 3.8) is 0 Å². The van der Waals surface area contributed by atoms with Gasteiger partial charge >= 0.3 is 0 Å². The fourth-order valence-electron chi connectivity index (χ4n) is 7.93. The predicted octanol–water partition coefficient (Wildman–Crippen LogP) is 6.30. The Hall–Kier alpha value is 0. The SMILES string of the molecule is CC1CCC2(C)C(C1)C(C)CC1C2CC[C@]2(C)CCCC12. The lowest BCUT2D eigenvalue weighted by atomic mass is 9.43. The van der Waals surface area contributed by atoms with E-state index in [1.165, 1.54) is 32.1 Å². The van der Waals surface area contributed by atoms with Crippen LogP contribution in [0.15, 0.2) is 0 Å². The topological polar surface area (TPSA) is 0 Å². The van der Waals surface area contributed by atoms with Crippen LogP contribution in [0, 0.1) is 46.3 Å². The molecule has 0 radical (unpaired) electrons. The molecule has 120 valence electrons. The van der Waals surface area contributed by atoms with E-state index in [0.717, 1.165) is 40.9 Å². The summed E-state index contributed by atoms with van der Waals surface area (Å²) in [6.07, 6.45) is 13.9. The van der Waals surface area contributed by atoms with Crippen LogP contribution in [0.3, 0.4) is 0 Å². The molecule has 4 rings (SSSR count). The first-order valence-corrected chi connectivity index (χ1v) is 9.94. The number of hydrogen-bond acceptors (Lipinski definition) is 0. The average molecular weight is 289 g/mol. The molecule has 0 bridgehead atoms. The molecule has 4 saturated carbocycles. The Kier molecular flexibility index (Phi) is 3.30. The van der Waals surface area contributed by atoms with Gasteiger partial charge in [-0.25, -0.2) is 0 Å². The quantitative estimate of drug-likeness (QED) is 0.490. The highest BCUT2D eigenvalue weighted by Crippen LogP contribution is 2.67. The summed E-state index contributed by atoms with van der Waals surface area (Å²) in [7, 11) is 0. The summed E-state index contributed by atoms with van der Waals surface area (Å²) in [5.74, 6) is 6.24. The normalized spacial score (nSPS) is 60.0. The molecule has 0 spiro atoms. The van der Waals surface area contributed by atoms with Gasteiger partial charge in [-0.15, -0.1) is 0 Å². The van der Waals surface area contributed by atoms with Crippen molar-refractivity contribution in [2.75, 3.05) is 0 Å². The van der Waals surface area contributed by atoms with Gasteiger partial charge in [0.05, 0.1) is 0 Å². The van der Waals surface area contributed by atoms with Crippen molar-refractivity contribution in [2.24, 2.45) is 46.3 Å². The van der Waals surface area contributed by atoms with Gasteiger partial charge in [0.1, 0.15) is 0 Å². The molecule has 21 heavy (non-hydrogen) atoms. The van der Waals surface area contributed by atoms with Crippen LogP contribution in [0.25, 0.3) is 0 Å². The van der Waals surface area contributed by atoms with Gasteiger partial charge in [0, 0.05) is 0 Å². The maximum Gasteiger partial charge on any atom is -0.0264 e. The van der Waals surface area contributed by atoms with E-state index in [9.17, 15) is 0 Å². The molecule has 0 aliphatic heterocycles. The molecule has 0 heteroatoms. The zero-order valence-electron chi connectivity index (χ0n) is 14.8. The first-order valence-electron chi connectivity index (χ1n) is 9.94. The van der Waals surface area contributed by atoms with Crippen LogP contribution in [-0.4, -0.2) is 0 Å². The second-order valence-corrected chi connectivity index (χ2v) is 10.2. The van der Waals surface area contributed by atoms with E-state index in [2.05, 4.69) is 27.7 Å². The predicted molar refractivity (Wildman–Crippen MR) is 90.1 cm³/mol. The van der Waals surface area contributed by atoms with Gasteiger partial charge in [-0.1, -0.05) is 40.5 Å². The molecule has 4 aliphatic carbocycles. The summed E-state index contributed by atoms with van der Waals surface area (Å²) in [5.41, 5.74) is 1.42. The molecule has 0 nitrogen and oxygen atoms in total. The van der Waals surface area contributed by atoms with Crippen LogP contribution in [0.1, 0.15) is 85.5 Å². The summed E-state index contributed by atoms with van der Waals surface area (Å²) >= 11 is 0. The van der Waals surface area contributed by atoms with Crippen LogP contribution in [0.4, 0.5) is 0 Å². The maximum atomic E-state index is 2.72. The highest BCUT2D eigenvalue weighted by atomic mass is 14.6. The van der Waals surface area contributed by atoms with Crippen LogP contribution in [0.2, 0.25) is 0 Å². The van der Waals surface area contributed by atoms with E-state index in [0.29, 0.717) is 5.41 Å². The molecule has 0 saturated heterocycles. The average Bonchev–Trinajstić information content (AvgIpc) is 2.83. The minimum atomic E-state index is 0.693. The number of hydrogen-bond donors (Lipinski definition) is 0. The Morgan fingerprint density at radius 2 is 1.57 bits per heavy atom. The minimum Gasteiger partial charge on any atom is -0.0625 e. The van der Waals surface area contributed by atoms with Crippen molar-refractivity contribution in [1.29, 1.82) is 0 Å². The molecule has 0 N–H and O–H groups in total. The Morgan fingerprint density at radius 1 is 0.762 bits per heavy atom. The third-order valence-electron chi connectivity index (χ3n) is 9.08. The van der Waals surface area contributed by atoms with E-state index in [4.69, 9.17) is 0 Å². The van der Waals surface area contributed by atoms with Crippen molar-refractivity contribution in [3.8, 4) is 0 Å². The molecule has 0 aromatic rings. The lowest BCUT2D eigenvalue weighted by Gasteiger charge is -2.62. The summed E-state index contributed by atoms with van der Waals surface area (Å²) in [5, 5.41) is 0. The molecule has 8 atom stereocenters. The van der Waals surface area contributed by atoms with Gasteiger partial charge in [0.25, 0.3) is 0 Å².